The zero-order chi connectivity index (χ0) is 13.9. The summed E-state index contributed by atoms with van der Waals surface area (Å²) in [6, 6.07) is 5.93. The Balaban J connectivity index is 1.66. The van der Waals surface area contributed by atoms with E-state index in [1.165, 1.54) is 5.52 Å². The van der Waals surface area contributed by atoms with Crippen molar-refractivity contribution in [3.8, 4) is 0 Å². The van der Waals surface area contributed by atoms with Gasteiger partial charge in [-0.05, 0) is 31.5 Å². The zero-order valence-corrected chi connectivity index (χ0v) is 12.6. The largest absolute Gasteiger partial charge is 0.379 e. The van der Waals surface area contributed by atoms with Crippen LogP contribution in [0.3, 0.4) is 0 Å². The molecule has 4 nitrogen and oxygen atoms in total. The van der Waals surface area contributed by atoms with Gasteiger partial charge in [-0.1, -0.05) is 11.6 Å². The number of imidazole rings is 1. The molecule has 0 spiro atoms. The Morgan fingerprint density at radius 2 is 2.05 bits per heavy atom. The van der Waals surface area contributed by atoms with Crippen molar-refractivity contribution in [2.45, 2.75) is 19.9 Å². The van der Waals surface area contributed by atoms with Crippen molar-refractivity contribution in [3.05, 3.63) is 29.0 Å². The highest BCUT2D eigenvalue weighted by Crippen LogP contribution is 2.20. The van der Waals surface area contributed by atoms with Crippen LogP contribution >= 0.6 is 11.6 Å². The van der Waals surface area contributed by atoms with E-state index >= 15 is 0 Å². The zero-order valence-electron chi connectivity index (χ0n) is 11.8. The van der Waals surface area contributed by atoms with E-state index in [0.717, 1.165) is 62.2 Å². The molecule has 2 heterocycles. The molecular formula is C15H20ClN3O. The normalized spacial score (nSPS) is 16.9. The second-order valence-corrected chi connectivity index (χ2v) is 5.69. The molecule has 0 N–H and O–H groups in total. The third-order valence-corrected chi connectivity index (χ3v) is 4.10. The standard InChI is InChI=1S/C15H20ClN3O/c1-12-17-14-11-13(16)3-4-15(14)19(12)6-2-5-18-7-9-20-10-8-18/h3-4,11H,2,5-10H2,1H3. The number of hydrogen-bond donors (Lipinski definition) is 0. The van der Waals surface area contributed by atoms with Crippen LogP contribution in [0.5, 0.6) is 0 Å². The van der Waals surface area contributed by atoms with E-state index in [1.807, 2.05) is 12.1 Å². The number of ether oxygens (including phenoxy) is 1. The quantitative estimate of drug-likeness (QED) is 0.868. The lowest BCUT2D eigenvalue weighted by Gasteiger charge is -2.26. The Bertz CT molecular complexity index is 590. The monoisotopic (exact) mass is 293 g/mol. The number of benzene rings is 1. The van der Waals surface area contributed by atoms with Gasteiger partial charge in [0.25, 0.3) is 0 Å². The number of halogens is 1. The molecule has 0 unspecified atom stereocenters. The molecule has 0 aliphatic carbocycles. The average molecular weight is 294 g/mol. The van der Waals surface area contributed by atoms with Gasteiger partial charge in [-0.3, -0.25) is 4.90 Å². The van der Waals surface area contributed by atoms with Crippen molar-refractivity contribution in [2.24, 2.45) is 0 Å². The number of hydrogen-bond acceptors (Lipinski definition) is 3. The molecule has 0 radical (unpaired) electrons. The first-order chi connectivity index (χ1) is 9.74. The summed E-state index contributed by atoms with van der Waals surface area (Å²) in [7, 11) is 0. The summed E-state index contributed by atoms with van der Waals surface area (Å²) in [5, 5.41) is 0.746. The van der Waals surface area contributed by atoms with Crippen LogP contribution in [0.4, 0.5) is 0 Å². The van der Waals surface area contributed by atoms with Crippen LogP contribution in [-0.2, 0) is 11.3 Å². The molecule has 0 amide bonds. The predicted molar refractivity (Wildman–Crippen MR) is 81.4 cm³/mol. The van der Waals surface area contributed by atoms with Crippen molar-refractivity contribution in [1.82, 2.24) is 14.5 Å². The minimum absolute atomic E-state index is 0.746. The first-order valence-electron chi connectivity index (χ1n) is 7.16. The Hall–Kier alpha value is -1.10. The van der Waals surface area contributed by atoms with Crippen LogP contribution in [0.1, 0.15) is 12.2 Å². The number of nitrogens with zero attached hydrogens (tertiary/aromatic N) is 3. The predicted octanol–water partition coefficient (Wildman–Crippen LogP) is 2.72. The SMILES string of the molecule is Cc1nc2cc(Cl)ccc2n1CCCN1CCOCC1. The third-order valence-electron chi connectivity index (χ3n) is 3.86. The van der Waals surface area contributed by atoms with Gasteiger partial charge in [-0.25, -0.2) is 4.98 Å². The summed E-state index contributed by atoms with van der Waals surface area (Å²) in [5.74, 6) is 1.06. The summed E-state index contributed by atoms with van der Waals surface area (Å²) < 4.78 is 7.65. The topological polar surface area (TPSA) is 30.3 Å². The van der Waals surface area contributed by atoms with Crippen LogP contribution in [0, 0.1) is 6.92 Å². The number of aryl methyl sites for hydroxylation is 2. The molecule has 5 heteroatoms. The summed E-state index contributed by atoms with van der Waals surface area (Å²) in [5.41, 5.74) is 2.16. The molecule has 0 bridgehead atoms. The molecule has 3 rings (SSSR count). The van der Waals surface area contributed by atoms with Gasteiger partial charge in [0.2, 0.25) is 0 Å². The maximum Gasteiger partial charge on any atom is 0.106 e. The van der Waals surface area contributed by atoms with Gasteiger partial charge in [0.15, 0.2) is 0 Å². The van der Waals surface area contributed by atoms with Gasteiger partial charge in [0.05, 0.1) is 24.2 Å². The lowest BCUT2D eigenvalue weighted by Crippen LogP contribution is -2.37. The summed E-state index contributed by atoms with van der Waals surface area (Å²) in [4.78, 5) is 7.05. The molecule has 108 valence electrons. The van der Waals surface area contributed by atoms with Crippen molar-refractivity contribution in [1.29, 1.82) is 0 Å². The van der Waals surface area contributed by atoms with Gasteiger partial charge in [-0.15, -0.1) is 0 Å². The maximum atomic E-state index is 6.02. The van der Waals surface area contributed by atoms with E-state index in [0.29, 0.717) is 0 Å². The molecule has 1 aliphatic heterocycles. The average Bonchev–Trinajstić information content (AvgIpc) is 2.75. The highest BCUT2D eigenvalue weighted by atomic mass is 35.5. The van der Waals surface area contributed by atoms with Gasteiger partial charge >= 0.3 is 0 Å². The van der Waals surface area contributed by atoms with E-state index in [9.17, 15) is 0 Å². The maximum absolute atomic E-state index is 6.02. The number of morpholine rings is 1. The van der Waals surface area contributed by atoms with Crippen molar-refractivity contribution >= 4 is 22.6 Å². The van der Waals surface area contributed by atoms with Crippen LogP contribution < -0.4 is 0 Å². The fourth-order valence-corrected chi connectivity index (χ4v) is 2.95. The van der Waals surface area contributed by atoms with E-state index in [-0.39, 0.29) is 0 Å². The van der Waals surface area contributed by atoms with Gasteiger partial charge in [0.1, 0.15) is 5.82 Å². The Morgan fingerprint density at radius 1 is 1.25 bits per heavy atom. The van der Waals surface area contributed by atoms with Crippen molar-refractivity contribution < 1.29 is 4.74 Å². The van der Waals surface area contributed by atoms with E-state index in [4.69, 9.17) is 16.3 Å². The number of fused-ring (bicyclic) bond motifs is 1. The number of aromatic nitrogens is 2. The highest BCUT2D eigenvalue weighted by Gasteiger charge is 2.11. The first kappa shape index (κ1) is 13.9. The van der Waals surface area contributed by atoms with Gasteiger partial charge in [0, 0.05) is 31.2 Å². The molecule has 1 aliphatic rings. The van der Waals surface area contributed by atoms with E-state index in [2.05, 4.69) is 27.4 Å². The van der Waals surface area contributed by atoms with E-state index in [1.54, 1.807) is 0 Å². The lowest BCUT2D eigenvalue weighted by molar-refractivity contribution is 0.0369. The molecule has 1 aromatic carbocycles. The minimum Gasteiger partial charge on any atom is -0.379 e. The van der Waals surface area contributed by atoms with Crippen LogP contribution in [-0.4, -0.2) is 47.3 Å². The molecule has 0 atom stereocenters. The second kappa shape index (κ2) is 6.12. The van der Waals surface area contributed by atoms with Gasteiger partial charge < -0.3 is 9.30 Å². The molecule has 20 heavy (non-hydrogen) atoms. The lowest BCUT2D eigenvalue weighted by atomic mass is 10.3. The first-order valence-corrected chi connectivity index (χ1v) is 7.54. The van der Waals surface area contributed by atoms with Crippen LogP contribution in [0.25, 0.3) is 11.0 Å². The molecular weight excluding hydrogens is 274 g/mol. The fourth-order valence-electron chi connectivity index (χ4n) is 2.78. The van der Waals surface area contributed by atoms with Crippen molar-refractivity contribution in [3.63, 3.8) is 0 Å². The molecule has 0 saturated carbocycles. The minimum atomic E-state index is 0.746. The Morgan fingerprint density at radius 3 is 2.85 bits per heavy atom. The number of rotatable bonds is 4. The Kier molecular flexibility index (Phi) is 4.24. The van der Waals surface area contributed by atoms with E-state index < -0.39 is 0 Å². The summed E-state index contributed by atoms with van der Waals surface area (Å²) >= 11 is 6.02. The third kappa shape index (κ3) is 2.97. The van der Waals surface area contributed by atoms with Crippen LogP contribution in [0.15, 0.2) is 18.2 Å². The van der Waals surface area contributed by atoms with Crippen LogP contribution in [0.2, 0.25) is 5.02 Å². The van der Waals surface area contributed by atoms with Gasteiger partial charge in [-0.2, -0.15) is 0 Å². The highest BCUT2D eigenvalue weighted by molar-refractivity contribution is 6.31. The molecule has 1 aromatic heterocycles. The summed E-state index contributed by atoms with van der Waals surface area (Å²) in [6.45, 7) is 8.02. The summed E-state index contributed by atoms with van der Waals surface area (Å²) in [6.07, 6.45) is 1.13. The fraction of sp³-hybridized carbons (Fsp3) is 0.533. The molecule has 1 saturated heterocycles. The Labute approximate surface area is 124 Å². The molecule has 2 aromatic rings. The molecule has 1 fully saturated rings. The van der Waals surface area contributed by atoms with Crippen molar-refractivity contribution in [2.75, 3.05) is 32.8 Å². The smallest absolute Gasteiger partial charge is 0.106 e. The second-order valence-electron chi connectivity index (χ2n) is 5.25.